The standard InChI is InChI=1S/C28H29N5O3S2/c1-31-15-17-32(18-16-31)28-30-24-13-10-22(19-26(24)37-28)29-27(34)21-8-11-23(12-9-21)38(35,36)33-14-4-6-20-5-2-3-7-25(20)33/h2-3,5,7-13,19H,4,6,14-18H2,1H3,(H,29,34). The highest BCUT2D eigenvalue weighted by molar-refractivity contribution is 7.92. The lowest BCUT2D eigenvalue weighted by molar-refractivity contribution is 0.102. The van der Waals surface area contributed by atoms with Crippen molar-refractivity contribution in [3.05, 3.63) is 77.9 Å². The fourth-order valence-corrected chi connectivity index (χ4v) is 7.58. The summed E-state index contributed by atoms with van der Waals surface area (Å²) >= 11 is 1.63. The molecule has 8 nitrogen and oxygen atoms in total. The first-order valence-corrected chi connectivity index (χ1v) is 15.0. The molecule has 0 aliphatic carbocycles. The Hall–Kier alpha value is -3.47. The van der Waals surface area contributed by atoms with E-state index in [1.165, 1.54) is 16.4 Å². The van der Waals surface area contributed by atoms with E-state index in [-0.39, 0.29) is 10.8 Å². The SMILES string of the molecule is CN1CCN(c2nc3ccc(NC(=O)c4ccc(S(=O)(=O)N5CCCc6ccccc65)cc4)cc3s2)CC1. The van der Waals surface area contributed by atoms with Crippen LogP contribution in [0.15, 0.2) is 71.6 Å². The molecule has 0 saturated carbocycles. The molecule has 1 N–H and O–H groups in total. The number of carbonyl (C=O) groups excluding carboxylic acids is 1. The summed E-state index contributed by atoms with van der Waals surface area (Å²) in [7, 11) is -1.59. The van der Waals surface area contributed by atoms with Gasteiger partial charge in [-0.15, -0.1) is 0 Å². The van der Waals surface area contributed by atoms with Crippen molar-refractivity contribution in [2.24, 2.45) is 0 Å². The number of sulfonamides is 1. The van der Waals surface area contributed by atoms with Crippen LogP contribution in [-0.2, 0) is 16.4 Å². The van der Waals surface area contributed by atoms with Gasteiger partial charge in [0.2, 0.25) is 0 Å². The number of fused-ring (bicyclic) bond motifs is 2. The van der Waals surface area contributed by atoms with Crippen molar-refractivity contribution in [1.82, 2.24) is 9.88 Å². The second kappa shape index (κ2) is 10.0. The van der Waals surface area contributed by atoms with Gasteiger partial charge in [0.25, 0.3) is 15.9 Å². The Morgan fingerprint density at radius 3 is 2.50 bits per heavy atom. The molecule has 1 fully saturated rings. The summed E-state index contributed by atoms with van der Waals surface area (Å²) in [6.45, 7) is 4.38. The molecule has 6 rings (SSSR count). The third-order valence-corrected chi connectivity index (χ3v) is 10.1. The van der Waals surface area contributed by atoms with Crippen LogP contribution in [-0.4, -0.2) is 64.0 Å². The molecule has 10 heteroatoms. The maximum Gasteiger partial charge on any atom is 0.264 e. The van der Waals surface area contributed by atoms with Crippen LogP contribution in [0.2, 0.25) is 0 Å². The van der Waals surface area contributed by atoms with Crippen LogP contribution < -0.4 is 14.5 Å². The van der Waals surface area contributed by atoms with Gasteiger partial charge >= 0.3 is 0 Å². The van der Waals surface area contributed by atoms with Crippen LogP contribution in [0.4, 0.5) is 16.5 Å². The number of amides is 1. The zero-order valence-corrected chi connectivity index (χ0v) is 22.8. The van der Waals surface area contributed by atoms with Crippen molar-refractivity contribution >= 4 is 54.0 Å². The van der Waals surface area contributed by atoms with Crippen LogP contribution in [0.5, 0.6) is 0 Å². The van der Waals surface area contributed by atoms with E-state index < -0.39 is 10.0 Å². The fraction of sp³-hybridized carbons (Fsp3) is 0.286. The molecular formula is C28H29N5O3S2. The number of hydrogen-bond acceptors (Lipinski definition) is 7. The summed E-state index contributed by atoms with van der Waals surface area (Å²) in [6.07, 6.45) is 1.64. The zero-order chi connectivity index (χ0) is 26.3. The van der Waals surface area contributed by atoms with Gasteiger partial charge in [-0.3, -0.25) is 9.10 Å². The maximum atomic E-state index is 13.4. The highest BCUT2D eigenvalue weighted by Gasteiger charge is 2.29. The number of rotatable bonds is 5. The van der Waals surface area contributed by atoms with E-state index in [4.69, 9.17) is 4.98 Å². The van der Waals surface area contributed by atoms with E-state index in [9.17, 15) is 13.2 Å². The normalized spacial score (nSPS) is 16.4. The van der Waals surface area contributed by atoms with Crippen molar-refractivity contribution in [1.29, 1.82) is 0 Å². The number of nitrogens with zero attached hydrogens (tertiary/aromatic N) is 4. The molecule has 3 heterocycles. The van der Waals surface area contributed by atoms with Crippen LogP contribution in [0.1, 0.15) is 22.3 Å². The summed E-state index contributed by atoms with van der Waals surface area (Å²) < 4.78 is 29.3. The minimum absolute atomic E-state index is 0.174. The molecule has 3 aromatic carbocycles. The Labute approximate surface area is 226 Å². The van der Waals surface area contributed by atoms with Crippen LogP contribution in [0.3, 0.4) is 0 Å². The highest BCUT2D eigenvalue weighted by atomic mass is 32.2. The van der Waals surface area contributed by atoms with Crippen molar-refractivity contribution < 1.29 is 13.2 Å². The molecule has 0 radical (unpaired) electrons. The van der Waals surface area contributed by atoms with E-state index in [1.54, 1.807) is 23.5 Å². The summed E-state index contributed by atoms with van der Waals surface area (Å²) in [5.41, 5.74) is 3.75. The number of thiazole rings is 1. The molecule has 2 aliphatic heterocycles. The number of nitrogens with one attached hydrogen (secondary N) is 1. The highest BCUT2D eigenvalue weighted by Crippen LogP contribution is 2.33. The molecule has 0 bridgehead atoms. The van der Waals surface area contributed by atoms with E-state index in [0.29, 0.717) is 17.8 Å². The number of piperazine rings is 1. The van der Waals surface area contributed by atoms with E-state index in [2.05, 4.69) is 22.2 Å². The van der Waals surface area contributed by atoms with Crippen LogP contribution in [0, 0.1) is 0 Å². The molecule has 4 aromatic rings. The third-order valence-electron chi connectivity index (χ3n) is 7.18. The Morgan fingerprint density at radius 1 is 0.947 bits per heavy atom. The Morgan fingerprint density at radius 2 is 1.71 bits per heavy atom. The van der Waals surface area contributed by atoms with Crippen molar-refractivity contribution in [2.45, 2.75) is 17.7 Å². The minimum atomic E-state index is -3.72. The van der Waals surface area contributed by atoms with Gasteiger partial charge in [0.05, 0.1) is 20.8 Å². The molecule has 0 atom stereocenters. The van der Waals surface area contributed by atoms with Crippen LogP contribution >= 0.6 is 11.3 Å². The van der Waals surface area contributed by atoms with Crippen molar-refractivity contribution in [2.75, 3.05) is 54.3 Å². The molecule has 1 saturated heterocycles. The van der Waals surface area contributed by atoms with Crippen molar-refractivity contribution in [3.8, 4) is 0 Å². The number of para-hydroxylation sites is 1. The number of aryl methyl sites for hydroxylation is 1. The predicted octanol–water partition coefficient (Wildman–Crippen LogP) is 4.44. The van der Waals surface area contributed by atoms with E-state index in [0.717, 1.165) is 65.6 Å². The van der Waals surface area contributed by atoms with E-state index in [1.807, 2.05) is 42.5 Å². The first kappa shape index (κ1) is 24.8. The largest absolute Gasteiger partial charge is 0.345 e. The van der Waals surface area contributed by atoms with Crippen molar-refractivity contribution in [3.63, 3.8) is 0 Å². The fourth-order valence-electron chi connectivity index (χ4n) is 4.98. The molecule has 0 unspecified atom stereocenters. The Kier molecular flexibility index (Phi) is 6.55. The first-order valence-electron chi connectivity index (χ1n) is 12.7. The minimum Gasteiger partial charge on any atom is -0.345 e. The summed E-state index contributed by atoms with van der Waals surface area (Å²) in [5.74, 6) is -0.291. The van der Waals surface area contributed by atoms with Gasteiger partial charge in [0.1, 0.15) is 0 Å². The molecule has 2 aliphatic rings. The predicted molar refractivity (Wildman–Crippen MR) is 153 cm³/mol. The number of anilines is 3. The monoisotopic (exact) mass is 547 g/mol. The van der Waals surface area contributed by atoms with Gasteiger partial charge in [-0.1, -0.05) is 29.5 Å². The lowest BCUT2D eigenvalue weighted by Gasteiger charge is -2.31. The van der Waals surface area contributed by atoms with Gasteiger partial charge in [0.15, 0.2) is 5.13 Å². The smallest absolute Gasteiger partial charge is 0.264 e. The Balaban J connectivity index is 1.17. The average Bonchev–Trinajstić information content (AvgIpc) is 3.36. The van der Waals surface area contributed by atoms with Gasteiger partial charge in [-0.2, -0.15) is 0 Å². The summed E-state index contributed by atoms with van der Waals surface area (Å²) in [6, 6.07) is 19.5. The first-order chi connectivity index (χ1) is 18.4. The topological polar surface area (TPSA) is 85.8 Å². The maximum absolute atomic E-state index is 13.4. The molecule has 38 heavy (non-hydrogen) atoms. The number of carbonyl (C=O) groups is 1. The lowest BCUT2D eigenvalue weighted by atomic mass is 10.0. The second-order valence-corrected chi connectivity index (χ2v) is 12.6. The summed E-state index contributed by atoms with van der Waals surface area (Å²) in [5, 5.41) is 3.94. The molecule has 1 aromatic heterocycles. The Bertz CT molecular complexity index is 1590. The third kappa shape index (κ3) is 4.75. The average molecular weight is 548 g/mol. The van der Waals surface area contributed by atoms with Gasteiger partial charge in [-0.25, -0.2) is 13.4 Å². The number of benzene rings is 3. The molecular weight excluding hydrogens is 518 g/mol. The van der Waals surface area contributed by atoms with E-state index >= 15 is 0 Å². The summed E-state index contributed by atoms with van der Waals surface area (Å²) in [4.78, 5) is 22.5. The van der Waals surface area contributed by atoms with Crippen LogP contribution in [0.25, 0.3) is 10.2 Å². The van der Waals surface area contributed by atoms with Gasteiger partial charge in [0, 0.05) is 44.0 Å². The quantitative estimate of drug-likeness (QED) is 0.398. The number of aromatic nitrogens is 1. The van der Waals surface area contributed by atoms with Gasteiger partial charge < -0.3 is 15.1 Å². The zero-order valence-electron chi connectivity index (χ0n) is 21.1. The lowest BCUT2D eigenvalue weighted by Crippen LogP contribution is -2.44. The van der Waals surface area contributed by atoms with Gasteiger partial charge in [-0.05, 0) is 74.0 Å². The molecule has 1 amide bonds. The second-order valence-electron chi connectivity index (χ2n) is 9.76. The molecule has 196 valence electrons. The molecule has 0 spiro atoms. The number of hydrogen-bond donors (Lipinski definition) is 1. The number of likely N-dealkylation sites (N-methyl/N-ethyl adjacent to an activating group) is 1.